The van der Waals surface area contributed by atoms with Crippen molar-refractivity contribution in [3.63, 3.8) is 0 Å². The molecule has 1 rings (SSSR count). The van der Waals surface area contributed by atoms with Crippen LogP contribution in [0.3, 0.4) is 0 Å². The van der Waals surface area contributed by atoms with Gasteiger partial charge in [-0.15, -0.1) is 11.3 Å². The lowest BCUT2D eigenvalue weighted by Crippen LogP contribution is -2.27. The van der Waals surface area contributed by atoms with Crippen molar-refractivity contribution in [2.45, 2.75) is 0 Å². The fourth-order valence-corrected chi connectivity index (χ4v) is 2.29. The maximum Gasteiger partial charge on any atom is 0.261 e. The largest absolute Gasteiger partial charge is 0.377 e. The van der Waals surface area contributed by atoms with E-state index < -0.39 is 0 Å². The highest BCUT2D eigenvalue weighted by Gasteiger charge is 2.07. The standard InChI is InChI=1S/C13H17BrN2O4S/c14-10-20-8-7-19-6-5-18-4-3-16-13(17)12-2-1-11(9-15)21-12/h1-2H,3-8,10H2,(H,16,17). The van der Waals surface area contributed by atoms with Gasteiger partial charge in [0.05, 0.1) is 37.9 Å². The van der Waals surface area contributed by atoms with Crippen LogP contribution in [0.15, 0.2) is 12.1 Å². The highest BCUT2D eigenvalue weighted by Crippen LogP contribution is 2.14. The smallest absolute Gasteiger partial charge is 0.261 e. The predicted octanol–water partition coefficient (Wildman–Crippen LogP) is 1.75. The first-order valence-electron chi connectivity index (χ1n) is 6.35. The number of rotatable bonds is 11. The summed E-state index contributed by atoms with van der Waals surface area (Å²) in [5.41, 5.74) is 0.507. The lowest BCUT2D eigenvalue weighted by molar-refractivity contribution is 0.0238. The number of nitriles is 1. The van der Waals surface area contributed by atoms with E-state index in [9.17, 15) is 4.79 Å². The molecule has 0 bridgehead atoms. The van der Waals surface area contributed by atoms with Gasteiger partial charge in [-0.3, -0.25) is 4.79 Å². The SMILES string of the molecule is N#Cc1ccc(C(=O)NCCOCCOCCOCBr)s1. The van der Waals surface area contributed by atoms with Crippen LogP contribution in [0.2, 0.25) is 0 Å². The summed E-state index contributed by atoms with van der Waals surface area (Å²) >= 11 is 4.32. The van der Waals surface area contributed by atoms with Crippen molar-refractivity contribution in [2.75, 3.05) is 45.1 Å². The molecule has 0 aromatic carbocycles. The molecule has 6 nitrogen and oxygen atoms in total. The van der Waals surface area contributed by atoms with Gasteiger partial charge in [0.1, 0.15) is 16.5 Å². The van der Waals surface area contributed by atoms with E-state index >= 15 is 0 Å². The van der Waals surface area contributed by atoms with E-state index in [4.69, 9.17) is 19.5 Å². The molecule has 0 spiro atoms. The first kappa shape index (κ1) is 18.1. The highest BCUT2D eigenvalue weighted by atomic mass is 79.9. The Kier molecular flexibility index (Phi) is 10.0. The third-order valence-corrected chi connectivity index (χ3v) is 3.61. The summed E-state index contributed by atoms with van der Waals surface area (Å²) in [6.07, 6.45) is 0. The van der Waals surface area contributed by atoms with Crippen LogP contribution in [-0.4, -0.2) is 51.0 Å². The van der Waals surface area contributed by atoms with Gasteiger partial charge < -0.3 is 19.5 Å². The zero-order valence-corrected chi connectivity index (χ0v) is 13.9. The van der Waals surface area contributed by atoms with Crippen LogP contribution in [0, 0.1) is 11.3 Å². The molecule has 1 aromatic heterocycles. The van der Waals surface area contributed by atoms with E-state index in [-0.39, 0.29) is 5.91 Å². The third-order valence-electron chi connectivity index (χ3n) is 2.29. The molecule has 0 aliphatic heterocycles. The van der Waals surface area contributed by atoms with Gasteiger partial charge in [-0.1, -0.05) is 15.9 Å². The molecule has 0 fully saturated rings. The van der Waals surface area contributed by atoms with Crippen LogP contribution >= 0.6 is 27.3 Å². The molecule has 1 aromatic rings. The summed E-state index contributed by atoms with van der Waals surface area (Å²) in [7, 11) is 0. The number of alkyl halides is 1. The van der Waals surface area contributed by atoms with Gasteiger partial charge in [0, 0.05) is 6.54 Å². The van der Waals surface area contributed by atoms with Crippen molar-refractivity contribution >= 4 is 33.2 Å². The number of halogens is 1. The summed E-state index contributed by atoms with van der Waals surface area (Å²) in [5.74, 6) is -0.187. The number of nitrogens with zero attached hydrogens (tertiary/aromatic N) is 1. The van der Waals surface area contributed by atoms with Crippen molar-refractivity contribution in [1.29, 1.82) is 5.26 Å². The van der Waals surface area contributed by atoms with Gasteiger partial charge in [0.15, 0.2) is 0 Å². The van der Waals surface area contributed by atoms with Crippen LogP contribution in [0.5, 0.6) is 0 Å². The zero-order chi connectivity index (χ0) is 15.3. The Morgan fingerprint density at radius 1 is 1.19 bits per heavy atom. The highest BCUT2D eigenvalue weighted by molar-refractivity contribution is 9.09. The molecule has 0 aliphatic carbocycles. The van der Waals surface area contributed by atoms with Crippen LogP contribution in [0.25, 0.3) is 0 Å². The Hall–Kier alpha value is -0.980. The van der Waals surface area contributed by atoms with Crippen LogP contribution in [-0.2, 0) is 14.2 Å². The van der Waals surface area contributed by atoms with E-state index in [2.05, 4.69) is 21.2 Å². The molecule has 0 unspecified atom stereocenters. The molecule has 0 saturated carbocycles. The van der Waals surface area contributed by atoms with E-state index in [1.807, 2.05) is 6.07 Å². The predicted molar refractivity (Wildman–Crippen MR) is 82.8 cm³/mol. The Bertz CT molecular complexity index is 461. The van der Waals surface area contributed by atoms with E-state index in [1.165, 1.54) is 11.3 Å². The van der Waals surface area contributed by atoms with Gasteiger partial charge in [0.25, 0.3) is 5.91 Å². The fraction of sp³-hybridized carbons (Fsp3) is 0.538. The number of thiophene rings is 1. The number of nitrogens with one attached hydrogen (secondary N) is 1. The maximum absolute atomic E-state index is 11.7. The van der Waals surface area contributed by atoms with Gasteiger partial charge >= 0.3 is 0 Å². The molecule has 21 heavy (non-hydrogen) atoms. The van der Waals surface area contributed by atoms with Crippen molar-refractivity contribution < 1.29 is 19.0 Å². The summed E-state index contributed by atoms with van der Waals surface area (Å²) in [6, 6.07) is 5.27. The molecule has 1 N–H and O–H groups in total. The zero-order valence-electron chi connectivity index (χ0n) is 11.5. The van der Waals surface area contributed by atoms with Gasteiger partial charge in [-0.25, -0.2) is 0 Å². The maximum atomic E-state index is 11.7. The lowest BCUT2D eigenvalue weighted by Gasteiger charge is -2.06. The molecule has 0 saturated heterocycles. The Morgan fingerprint density at radius 3 is 2.48 bits per heavy atom. The van der Waals surface area contributed by atoms with Gasteiger partial charge in [0.2, 0.25) is 0 Å². The third kappa shape index (κ3) is 8.14. The molecule has 1 amide bonds. The normalized spacial score (nSPS) is 10.3. The first-order valence-corrected chi connectivity index (χ1v) is 8.29. The van der Waals surface area contributed by atoms with Gasteiger partial charge in [-0.05, 0) is 12.1 Å². The molecule has 116 valence electrons. The quantitative estimate of drug-likeness (QED) is 0.470. The van der Waals surface area contributed by atoms with Crippen LogP contribution in [0.1, 0.15) is 14.5 Å². The number of hydrogen-bond donors (Lipinski definition) is 1. The minimum Gasteiger partial charge on any atom is -0.377 e. The van der Waals surface area contributed by atoms with Gasteiger partial charge in [-0.2, -0.15) is 5.26 Å². The Labute approximate surface area is 136 Å². The van der Waals surface area contributed by atoms with E-state index in [1.54, 1.807) is 12.1 Å². The number of amides is 1. The summed E-state index contributed by atoms with van der Waals surface area (Å²) in [5, 5.41) is 11.4. The lowest BCUT2D eigenvalue weighted by atomic mass is 10.4. The molecule has 8 heteroatoms. The van der Waals surface area contributed by atoms with Crippen molar-refractivity contribution in [3.05, 3.63) is 21.9 Å². The second-order valence-electron chi connectivity index (χ2n) is 3.77. The Morgan fingerprint density at radius 2 is 1.86 bits per heavy atom. The molecular formula is C13H17BrN2O4S. The number of hydrogen-bond acceptors (Lipinski definition) is 6. The topological polar surface area (TPSA) is 80.6 Å². The summed E-state index contributed by atoms with van der Waals surface area (Å²) in [4.78, 5) is 12.8. The summed E-state index contributed by atoms with van der Waals surface area (Å²) in [6.45, 7) is 2.89. The first-order chi connectivity index (χ1) is 10.3. The monoisotopic (exact) mass is 376 g/mol. The second-order valence-corrected chi connectivity index (χ2v) is 5.32. The van der Waals surface area contributed by atoms with Crippen molar-refractivity contribution in [1.82, 2.24) is 5.32 Å². The molecule has 0 atom stereocenters. The molecule has 1 heterocycles. The number of carbonyl (C=O) groups excluding carboxylic acids is 1. The number of ether oxygens (including phenoxy) is 3. The minimum atomic E-state index is -0.187. The average molecular weight is 377 g/mol. The van der Waals surface area contributed by atoms with E-state index in [0.717, 1.165) is 0 Å². The number of carbonyl (C=O) groups is 1. The Balaban J connectivity index is 1.97. The fourth-order valence-electron chi connectivity index (χ4n) is 1.34. The second kappa shape index (κ2) is 11.7. The van der Waals surface area contributed by atoms with Crippen LogP contribution < -0.4 is 5.32 Å². The van der Waals surface area contributed by atoms with E-state index in [0.29, 0.717) is 54.8 Å². The average Bonchev–Trinajstić information content (AvgIpc) is 2.98. The minimum absolute atomic E-state index is 0.187. The molecular weight excluding hydrogens is 360 g/mol. The summed E-state index contributed by atoms with van der Waals surface area (Å²) < 4.78 is 15.6. The van der Waals surface area contributed by atoms with Crippen molar-refractivity contribution in [3.8, 4) is 6.07 Å². The van der Waals surface area contributed by atoms with Crippen LogP contribution in [0.4, 0.5) is 0 Å². The molecule has 0 aliphatic rings. The van der Waals surface area contributed by atoms with Crippen molar-refractivity contribution in [2.24, 2.45) is 0 Å². The molecule has 0 radical (unpaired) electrons.